The summed E-state index contributed by atoms with van der Waals surface area (Å²) in [5.74, 6) is 0.143. The van der Waals surface area contributed by atoms with Gasteiger partial charge in [-0.05, 0) is 53.2 Å². The third kappa shape index (κ3) is 3.28. The zero-order chi connectivity index (χ0) is 12.3. The summed E-state index contributed by atoms with van der Waals surface area (Å²) in [6.07, 6.45) is 4.56. The van der Waals surface area contributed by atoms with Crippen LogP contribution in [0.1, 0.15) is 43.1 Å². The van der Waals surface area contributed by atoms with Gasteiger partial charge in [-0.25, -0.2) is 9.78 Å². The predicted octanol–water partition coefficient (Wildman–Crippen LogP) is 3.58. The lowest BCUT2D eigenvalue weighted by Crippen LogP contribution is -2.28. The molecule has 0 bridgehead atoms. The summed E-state index contributed by atoms with van der Waals surface area (Å²) in [6, 6.07) is 5.26. The van der Waals surface area contributed by atoms with Crippen molar-refractivity contribution in [1.29, 1.82) is 0 Å². The number of hydrogen-bond acceptors (Lipinski definition) is 3. The van der Waals surface area contributed by atoms with Crippen LogP contribution in [-0.2, 0) is 4.74 Å². The second kappa shape index (κ2) is 5.63. The highest BCUT2D eigenvalue weighted by Gasteiger charge is 2.25. The molecule has 0 spiro atoms. The topological polar surface area (TPSA) is 39.2 Å². The molecular formula is C13H16BrNO2. The Morgan fingerprint density at radius 3 is 2.88 bits per heavy atom. The molecule has 1 aromatic heterocycles. The first kappa shape index (κ1) is 12.6. The van der Waals surface area contributed by atoms with E-state index >= 15 is 0 Å². The van der Waals surface area contributed by atoms with Gasteiger partial charge >= 0.3 is 5.97 Å². The van der Waals surface area contributed by atoms with E-state index in [1.807, 2.05) is 0 Å². The van der Waals surface area contributed by atoms with Crippen molar-refractivity contribution in [2.24, 2.45) is 5.92 Å². The number of carbonyl (C=O) groups excluding carboxylic acids is 1. The lowest BCUT2D eigenvalue weighted by atomic mass is 9.88. The minimum absolute atomic E-state index is 0.0528. The zero-order valence-corrected chi connectivity index (χ0v) is 11.4. The van der Waals surface area contributed by atoms with Crippen LogP contribution in [0, 0.1) is 5.92 Å². The number of pyridine rings is 1. The molecule has 2 unspecified atom stereocenters. The molecule has 1 saturated carbocycles. The van der Waals surface area contributed by atoms with Crippen LogP contribution in [0.5, 0.6) is 0 Å². The minimum Gasteiger partial charge on any atom is -0.457 e. The number of aromatic nitrogens is 1. The van der Waals surface area contributed by atoms with Gasteiger partial charge in [-0.15, -0.1) is 0 Å². The number of carbonyl (C=O) groups is 1. The van der Waals surface area contributed by atoms with E-state index in [0.29, 0.717) is 16.2 Å². The Hall–Kier alpha value is -0.900. The molecule has 0 aliphatic heterocycles. The van der Waals surface area contributed by atoms with Crippen LogP contribution < -0.4 is 0 Å². The Bertz CT molecular complexity index is 408. The van der Waals surface area contributed by atoms with Crippen molar-refractivity contribution in [3.05, 3.63) is 28.5 Å². The summed E-state index contributed by atoms with van der Waals surface area (Å²) in [5, 5.41) is 0. The van der Waals surface area contributed by atoms with Crippen molar-refractivity contribution >= 4 is 21.9 Å². The molecule has 0 aromatic carbocycles. The summed E-state index contributed by atoms with van der Waals surface area (Å²) < 4.78 is 6.18. The SMILES string of the molecule is CC1CCCCC1OC(=O)c1cccc(Br)n1. The monoisotopic (exact) mass is 297 g/mol. The smallest absolute Gasteiger partial charge is 0.357 e. The Balaban J connectivity index is 2.01. The highest BCUT2D eigenvalue weighted by Crippen LogP contribution is 2.26. The highest BCUT2D eigenvalue weighted by molar-refractivity contribution is 9.10. The molecule has 1 aliphatic carbocycles. The van der Waals surface area contributed by atoms with Gasteiger partial charge in [0, 0.05) is 0 Å². The summed E-state index contributed by atoms with van der Waals surface area (Å²) in [7, 11) is 0. The molecule has 4 heteroatoms. The lowest BCUT2D eigenvalue weighted by molar-refractivity contribution is 0.00418. The minimum atomic E-state index is -0.315. The van der Waals surface area contributed by atoms with Gasteiger partial charge in [-0.3, -0.25) is 0 Å². The molecule has 0 amide bonds. The van der Waals surface area contributed by atoms with E-state index in [9.17, 15) is 4.79 Å². The van der Waals surface area contributed by atoms with Crippen molar-refractivity contribution < 1.29 is 9.53 Å². The van der Waals surface area contributed by atoms with Crippen LogP contribution in [0.4, 0.5) is 0 Å². The molecule has 1 heterocycles. The van der Waals surface area contributed by atoms with E-state index in [2.05, 4.69) is 27.8 Å². The summed E-state index contributed by atoms with van der Waals surface area (Å²) >= 11 is 3.25. The van der Waals surface area contributed by atoms with Crippen LogP contribution in [0.2, 0.25) is 0 Å². The maximum Gasteiger partial charge on any atom is 0.357 e. The normalized spacial score (nSPS) is 24.4. The Morgan fingerprint density at radius 1 is 1.41 bits per heavy atom. The van der Waals surface area contributed by atoms with Gasteiger partial charge in [-0.1, -0.05) is 19.4 Å². The summed E-state index contributed by atoms with van der Waals surface area (Å²) in [4.78, 5) is 16.0. The second-order valence-electron chi connectivity index (χ2n) is 4.55. The number of rotatable bonds is 2. The second-order valence-corrected chi connectivity index (χ2v) is 5.36. The van der Waals surface area contributed by atoms with E-state index in [1.165, 1.54) is 6.42 Å². The molecule has 92 valence electrons. The third-order valence-corrected chi connectivity index (χ3v) is 3.66. The van der Waals surface area contributed by atoms with Crippen LogP contribution in [0.25, 0.3) is 0 Å². The average Bonchev–Trinajstić information content (AvgIpc) is 2.32. The maximum absolute atomic E-state index is 11.9. The number of esters is 1. The lowest BCUT2D eigenvalue weighted by Gasteiger charge is -2.28. The van der Waals surface area contributed by atoms with Crippen LogP contribution >= 0.6 is 15.9 Å². The van der Waals surface area contributed by atoms with E-state index in [-0.39, 0.29) is 12.1 Å². The molecule has 3 nitrogen and oxygen atoms in total. The van der Waals surface area contributed by atoms with Crippen molar-refractivity contribution in [2.45, 2.75) is 38.7 Å². The maximum atomic E-state index is 11.9. The molecule has 2 atom stereocenters. The van der Waals surface area contributed by atoms with E-state index in [0.717, 1.165) is 19.3 Å². The van der Waals surface area contributed by atoms with Crippen LogP contribution in [0.3, 0.4) is 0 Å². The largest absolute Gasteiger partial charge is 0.457 e. The molecular weight excluding hydrogens is 282 g/mol. The summed E-state index contributed by atoms with van der Waals surface area (Å²) in [5.41, 5.74) is 0.372. The molecule has 2 rings (SSSR count). The average molecular weight is 298 g/mol. The van der Waals surface area contributed by atoms with Gasteiger partial charge in [0.25, 0.3) is 0 Å². The van der Waals surface area contributed by atoms with Crippen molar-refractivity contribution in [1.82, 2.24) is 4.98 Å². The van der Waals surface area contributed by atoms with Crippen molar-refractivity contribution in [3.8, 4) is 0 Å². The first-order valence-electron chi connectivity index (χ1n) is 6.00. The Morgan fingerprint density at radius 2 is 2.18 bits per heavy atom. The molecule has 1 aromatic rings. The predicted molar refractivity (Wildman–Crippen MR) is 68.8 cm³/mol. The van der Waals surface area contributed by atoms with E-state index in [1.54, 1.807) is 18.2 Å². The molecule has 1 fully saturated rings. The van der Waals surface area contributed by atoms with Crippen LogP contribution in [-0.4, -0.2) is 17.1 Å². The number of nitrogens with zero attached hydrogens (tertiary/aromatic N) is 1. The van der Waals surface area contributed by atoms with Crippen LogP contribution in [0.15, 0.2) is 22.8 Å². The summed E-state index contributed by atoms with van der Waals surface area (Å²) in [6.45, 7) is 2.14. The first-order chi connectivity index (χ1) is 8.16. The number of hydrogen-bond donors (Lipinski definition) is 0. The third-order valence-electron chi connectivity index (χ3n) is 3.22. The van der Waals surface area contributed by atoms with Crippen molar-refractivity contribution in [2.75, 3.05) is 0 Å². The standard InChI is InChI=1S/C13H16BrNO2/c1-9-5-2-3-7-11(9)17-13(16)10-6-4-8-12(14)15-10/h4,6,8-9,11H,2-3,5,7H2,1H3. The fraction of sp³-hybridized carbons (Fsp3) is 0.538. The van der Waals surface area contributed by atoms with Gasteiger partial charge < -0.3 is 4.74 Å². The first-order valence-corrected chi connectivity index (χ1v) is 6.79. The molecule has 17 heavy (non-hydrogen) atoms. The van der Waals surface area contributed by atoms with Gasteiger partial charge in [-0.2, -0.15) is 0 Å². The number of ether oxygens (including phenoxy) is 1. The zero-order valence-electron chi connectivity index (χ0n) is 9.86. The fourth-order valence-corrected chi connectivity index (χ4v) is 2.52. The fourth-order valence-electron chi connectivity index (χ4n) is 2.18. The molecule has 1 aliphatic rings. The molecule has 0 radical (unpaired) electrons. The van der Waals surface area contributed by atoms with E-state index < -0.39 is 0 Å². The molecule has 0 saturated heterocycles. The van der Waals surface area contributed by atoms with E-state index in [4.69, 9.17) is 4.74 Å². The molecule has 0 N–H and O–H groups in total. The van der Waals surface area contributed by atoms with Gasteiger partial charge in [0.15, 0.2) is 0 Å². The number of halogens is 1. The Kier molecular flexibility index (Phi) is 4.15. The Labute approximate surface area is 110 Å². The van der Waals surface area contributed by atoms with Gasteiger partial charge in [0.05, 0.1) is 0 Å². The quantitative estimate of drug-likeness (QED) is 0.619. The highest BCUT2D eigenvalue weighted by atomic mass is 79.9. The van der Waals surface area contributed by atoms with Gasteiger partial charge in [0.1, 0.15) is 16.4 Å². The van der Waals surface area contributed by atoms with Crippen molar-refractivity contribution in [3.63, 3.8) is 0 Å². The van der Waals surface area contributed by atoms with Gasteiger partial charge in [0.2, 0.25) is 0 Å².